The zero-order chi connectivity index (χ0) is 12.1. The topological polar surface area (TPSA) is 75.7 Å². The Morgan fingerprint density at radius 3 is 2.56 bits per heavy atom. The van der Waals surface area contributed by atoms with Crippen LogP contribution >= 0.6 is 0 Å². The highest BCUT2D eigenvalue weighted by Gasteiger charge is 2.11. The molecule has 0 aliphatic rings. The molecule has 5 nitrogen and oxygen atoms in total. The third-order valence-electron chi connectivity index (χ3n) is 1.93. The van der Waals surface area contributed by atoms with Crippen molar-refractivity contribution in [2.45, 2.75) is 6.92 Å². The summed E-state index contributed by atoms with van der Waals surface area (Å²) in [6.45, 7) is 1.90. The summed E-state index contributed by atoms with van der Waals surface area (Å²) in [6, 6.07) is 3.99. The van der Waals surface area contributed by atoms with E-state index in [-0.39, 0.29) is 23.5 Å². The molecule has 0 saturated carbocycles. The van der Waals surface area contributed by atoms with E-state index in [4.69, 9.17) is 9.47 Å². The van der Waals surface area contributed by atoms with Gasteiger partial charge in [0.25, 0.3) is 0 Å². The van der Waals surface area contributed by atoms with E-state index in [2.05, 4.69) is 0 Å². The van der Waals surface area contributed by atoms with Crippen LogP contribution in [0.15, 0.2) is 18.2 Å². The van der Waals surface area contributed by atoms with E-state index in [9.17, 15) is 14.7 Å². The Morgan fingerprint density at radius 1 is 1.38 bits per heavy atom. The van der Waals surface area contributed by atoms with Crippen LogP contribution in [0.1, 0.15) is 27.6 Å². The second-order valence-corrected chi connectivity index (χ2v) is 2.92. The van der Waals surface area contributed by atoms with Gasteiger partial charge in [0.15, 0.2) is 0 Å². The highest BCUT2D eigenvalue weighted by Crippen LogP contribution is 2.19. The minimum Gasteiger partial charge on any atom is -0.545 e. The number of hydrogen-bond acceptors (Lipinski definition) is 5. The molecule has 0 aliphatic carbocycles. The minimum absolute atomic E-state index is 0.146. The quantitative estimate of drug-likeness (QED) is 0.683. The van der Waals surface area contributed by atoms with Crippen LogP contribution in [-0.4, -0.2) is 25.7 Å². The molecule has 0 unspecified atom stereocenters. The number of methoxy groups -OCH3 is 1. The predicted octanol–water partition coefficient (Wildman–Crippen LogP) is 0.235. The third-order valence-corrected chi connectivity index (χ3v) is 1.93. The average molecular weight is 223 g/mol. The molecule has 86 valence electrons. The van der Waals surface area contributed by atoms with Crippen molar-refractivity contribution in [1.29, 1.82) is 0 Å². The first-order valence-electron chi connectivity index (χ1n) is 4.66. The van der Waals surface area contributed by atoms with Crippen LogP contribution in [0.3, 0.4) is 0 Å². The zero-order valence-corrected chi connectivity index (χ0v) is 8.98. The fourth-order valence-corrected chi connectivity index (χ4v) is 1.21. The number of esters is 1. The predicted molar refractivity (Wildman–Crippen MR) is 53.3 cm³/mol. The molecule has 0 amide bonds. The summed E-state index contributed by atoms with van der Waals surface area (Å²) in [5.74, 6) is -1.83. The van der Waals surface area contributed by atoms with E-state index in [1.54, 1.807) is 6.92 Å². The fraction of sp³-hybridized carbons (Fsp3) is 0.273. The van der Waals surface area contributed by atoms with Gasteiger partial charge >= 0.3 is 5.97 Å². The van der Waals surface area contributed by atoms with Gasteiger partial charge in [-0.15, -0.1) is 0 Å². The van der Waals surface area contributed by atoms with E-state index in [1.165, 1.54) is 25.3 Å². The molecule has 1 aromatic rings. The van der Waals surface area contributed by atoms with Gasteiger partial charge in [0.05, 0.1) is 25.2 Å². The summed E-state index contributed by atoms with van der Waals surface area (Å²) in [4.78, 5) is 22.1. The molecule has 0 radical (unpaired) electrons. The number of carboxylic acid groups (broad SMARTS) is 1. The molecular weight excluding hydrogens is 212 g/mol. The van der Waals surface area contributed by atoms with Gasteiger partial charge in [0, 0.05) is 5.56 Å². The van der Waals surface area contributed by atoms with E-state index in [1.807, 2.05) is 0 Å². The zero-order valence-electron chi connectivity index (χ0n) is 8.98. The molecule has 0 saturated heterocycles. The Bertz CT molecular complexity index is 411. The molecule has 0 bridgehead atoms. The van der Waals surface area contributed by atoms with Crippen LogP contribution in [0.5, 0.6) is 5.75 Å². The van der Waals surface area contributed by atoms with Crippen molar-refractivity contribution in [1.82, 2.24) is 0 Å². The number of benzene rings is 1. The lowest BCUT2D eigenvalue weighted by molar-refractivity contribution is -0.255. The van der Waals surface area contributed by atoms with Crippen LogP contribution in [0.25, 0.3) is 0 Å². The smallest absolute Gasteiger partial charge is 0.338 e. The van der Waals surface area contributed by atoms with Crippen LogP contribution in [0.4, 0.5) is 0 Å². The van der Waals surface area contributed by atoms with Crippen molar-refractivity contribution in [2.75, 3.05) is 13.7 Å². The first kappa shape index (κ1) is 12.0. The van der Waals surface area contributed by atoms with Crippen LogP contribution in [-0.2, 0) is 4.74 Å². The average Bonchev–Trinajstić information content (AvgIpc) is 2.28. The van der Waals surface area contributed by atoms with Gasteiger partial charge < -0.3 is 19.4 Å². The second-order valence-electron chi connectivity index (χ2n) is 2.92. The Morgan fingerprint density at radius 2 is 2.06 bits per heavy atom. The molecule has 0 fully saturated rings. The lowest BCUT2D eigenvalue weighted by Gasteiger charge is -2.10. The SMILES string of the molecule is CCOC(=O)c1ccc(OC)c(C(=O)[O-])c1. The maximum Gasteiger partial charge on any atom is 0.338 e. The molecule has 0 N–H and O–H groups in total. The maximum absolute atomic E-state index is 11.3. The second kappa shape index (κ2) is 5.16. The maximum atomic E-state index is 11.3. The van der Waals surface area contributed by atoms with Gasteiger partial charge in [-0.05, 0) is 25.1 Å². The number of aromatic carboxylic acids is 1. The van der Waals surface area contributed by atoms with Gasteiger partial charge in [-0.1, -0.05) is 0 Å². The van der Waals surface area contributed by atoms with Crippen LogP contribution < -0.4 is 9.84 Å². The highest BCUT2D eigenvalue weighted by atomic mass is 16.5. The first-order chi connectivity index (χ1) is 7.60. The van der Waals surface area contributed by atoms with E-state index in [0.29, 0.717) is 0 Å². The standard InChI is InChI=1S/C11H12O5/c1-3-16-11(14)7-4-5-9(15-2)8(6-7)10(12)13/h4-6H,3H2,1-2H3,(H,12,13)/p-1. The van der Waals surface area contributed by atoms with Gasteiger partial charge in [-0.25, -0.2) is 4.79 Å². The third kappa shape index (κ3) is 2.50. The molecule has 0 aromatic heterocycles. The van der Waals surface area contributed by atoms with Gasteiger partial charge in [0.1, 0.15) is 5.75 Å². The largest absolute Gasteiger partial charge is 0.545 e. The Hall–Kier alpha value is -2.04. The van der Waals surface area contributed by atoms with Crippen molar-refractivity contribution in [3.05, 3.63) is 29.3 Å². The summed E-state index contributed by atoms with van der Waals surface area (Å²) in [5.41, 5.74) is -0.0186. The van der Waals surface area contributed by atoms with Crippen molar-refractivity contribution in [3.63, 3.8) is 0 Å². The molecule has 0 heterocycles. The summed E-state index contributed by atoms with van der Waals surface area (Å²) in [7, 11) is 1.34. The normalized spacial score (nSPS) is 9.62. The Labute approximate surface area is 92.6 Å². The van der Waals surface area contributed by atoms with Crippen molar-refractivity contribution in [3.8, 4) is 5.75 Å². The lowest BCUT2D eigenvalue weighted by Crippen LogP contribution is -2.23. The van der Waals surface area contributed by atoms with Crippen molar-refractivity contribution in [2.24, 2.45) is 0 Å². The molecule has 1 rings (SSSR count). The first-order valence-corrected chi connectivity index (χ1v) is 4.66. The number of carbonyl (C=O) groups is 2. The van der Waals surface area contributed by atoms with Crippen LogP contribution in [0.2, 0.25) is 0 Å². The minimum atomic E-state index is -1.40. The number of carbonyl (C=O) groups excluding carboxylic acids is 2. The molecule has 0 spiro atoms. The fourth-order valence-electron chi connectivity index (χ4n) is 1.21. The van der Waals surface area contributed by atoms with Gasteiger partial charge in [0.2, 0.25) is 0 Å². The molecule has 5 heteroatoms. The molecular formula is C11H11O5-. The van der Waals surface area contributed by atoms with Gasteiger partial charge in [-0.2, -0.15) is 0 Å². The molecule has 0 aliphatic heterocycles. The number of rotatable bonds is 4. The van der Waals surface area contributed by atoms with E-state index < -0.39 is 11.9 Å². The Balaban J connectivity index is 3.11. The highest BCUT2D eigenvalue weighted by molar-refractivity contribution is 5.95. The monoisotopic (exact) mass is 223 g/mol. The summed E-state index contributed by atoms with van der Waals surface area (Å²) >= 11 is 0. The summed E-state index contributed by atoms with van der Waals surface area (Å²) in [5, 5.41) is 10.8. The molecule has 16 heavy (non-hydrogen) atoms. The lowest BCUT2D eigenvalue weighted by atomic mass is 10.1. The summed E-state index contributed by atoms with van der Waals surface area (Å²) in [6.07, 6.45) is 0. The van der Waals surface area contributed by atoms with Crippen molar-refractivity contribution < 1.29 is 24.2 Å². The summed E-state index contributed by atoms with van der Waals surface area (Å²) < 4.78 is 9.57. The molecule has 0 atom stereocenters. The molecule has 1 aromatic carbocycles. The Kier molecular flexibility index (Phi) is 3.88. The van der Waals surface area contributed by atoms with E-state index in [0.717, 1.165) is 0 Å². The van der Waals surface area contributed by atoms with Crippen LogP contribution in [0, 0.1) is 0 Å². The van der Waals surface area contributed by atoms with E-state index >= 15 is 0 Å². The number of ether oxygens (including phenoxy) is 2. The number of carboxylic acids is 1. The van der Waals surface area contributed by atoms with Crippen molar-refractivity contribution >= 4 is 11.9 Å². The number of hydrogen-bond donors (Lipinski definition) is 0. The van der Waals surface area contributed by atoms with Gasteiger partial charge in [-0.3, -0.25) is 0 Å².